The van der Waals surface area contributed by atoms with Crippen molar-refractivity contribution < 1.29 is 9.53 Å². The maximum atomic E-state index is 11.9. The number of carbonyl (C=O) groups is 1. The van der Waals surface area contributed by atoms with Gasteiger partial charge in [-0.1, -0.05) is 13.8 Å². The first-order valence-electron chi connectivity index (χ1n) is 6.40. The number of hydrogen-bond acceptors (Lipinski definition) is 4. The van der Waals surface area contributed by atoms with E-state index in [-0.39, 0.29) is 5.97 Å². The molecule has 1 aromatic heterocycles. The average Bonchev–Trinajstić information content (AvgIpc) is 2.76. The molecule has 0 aliphatic carbocycles. The summed E-state index contributed by atoms with van der Waals surface area (Å²) in [5, 5.41) is 3.19. The Morgan fingerprint density at radius 1 is 1.56 bits per heavy atom. The molecule has 1 atom stereocenters. The lowest BCUT2D eigenvalue weighted by Gasteiger charge is -2.28. The number of nitrogens with one attached hydrogen (secondary N) is 1. The number of hydrogen-bond donors (Lipinski definition) is 1. The molecule has 5 nitrogen and oxygen atoms in total. The predicted octanol–water partition coefficient (Wildman–Crippen LogP) is 1.38. The Morgan fingerprint density at radius 3 is 2.83 bits per heavy atom. The zero-order valence-corrected chi connectivity index (χ0v) is 11.7. The molecule has 1 rings (SSSR count). The molecule has 1 aromatic rings. The van der Waals surface area contributed by atoms with Gasteiger partial charge in [0.2, 0.25) is 0 Å². The fourth-order valence-electron chi connectivity index (χ4n) is 2.08. The summed E-state index contributed by atoms with van der Waals surface area (Å²) in [7, 11) is 1.42. The summed E-state index contributed by atoms with van der Waals surface area (Å²) in [6.07, 6.45) is 5.63. The van der Waals surface area contributed by atoms with Gasteiger partial charge < -0.3 is 14.6 Å². The predicted molar refractivity (Wildman–Crippen MR) is 70.3 cm³/mol. The molecule has 0 aliphatic rings. The van der Waals surface area contributed by atoms with Crippen LogP contribution in [0.3, 0.4) is 0 Å². The molecule has 1 N–H and O–H groups in total. The van der Waals surface area contributed by atoms with Gasteiger partial charge in [-0.3, -0.25) is 0 Å². The van der Waals surface area contributed by atoms with Gasteiger partial charge in [0.15, 0.2) is 0 Å². The minimum Gasteiger partial charge on any atom is -0.468 e. The number of ether oxygens (including phenoxy) is 1. The standard InChI is InChI=1S/C13H23N3O2/c1-5-7-11-14-8-9-16(11)10-13(3,15-6-2)12(17)18-4/h8-9,15H,5-7,10H2,1-4H3. The third-order valence-corrected chi connectivity index (χ3v) is 2.96. The summed E-state index contributed by atoms with van der Waals surface area (Å²) in [5.41, 5.74) is -0.716. The Balaban J connectivity index is 2.89. The van der Waals surface area contributed by atoms with Crippen molar-refractivity contribution in [3.63, 3.8) is 0 Å². The lowest BCUT2D eigenvalue weighted by molar-refractivity contribution is -0.148. The molecule has 0 saturated carbocycles. The molecule has 0 amide bonds. The minimum atomic E-state index is -0.716. The Labute approximate surface area is 109 Å². The van der Waals surface area contributed by atoms with Crippen LogP contribution < -0.4 is 5.32 Å². The first-order chi connectivity index (χ1) is 8.57. The van der Waals surface area contributed by atoms with Crippen LogP contribution in [0.4, 0.5) is 0 Å². The van der Waals surface area contributed by atoms with E-state index in [1.165, 1.54) is 7.11 Å². The molecule has 0 bridgehead atoms. The van der Waals surface area contributed by atoms with E-state index in [4.69, 9.17) is 4.74 Å². The maximum Gasteiger partial charge on any atom is 0.327 e. The number of aromatic nitrogens is 2. The van der Waals surface area contributed by atoms with Crippen molar-refractivity contribution in [1.82, 2.24) is 14.9 Å². The van der Waals surface area contributed by atoms with E-state index in [0.29, 0.717) is 13.1 Å². The number of methoxy groups -OCH3 is 1. The van der Waals surface area contributed by atoms with E-state index in [1.807, 2.05) is 24.6 Å². The zero-order chi connectivity index (χ0) is 13.6. The van der Waals surface area contributed by atoms with Crippen LogP contribution in [0, 0.1) is 0 Å². The number of aryl methyl sites for hydroxylation is 1. The van der Waals surface area contributed by atoms with Crippen LogP contribution in [0.2, 0.25) is 0 Å². The highest BCUT2D eigenvalue weighted by atomic mass is 16.5. The van der Waals surface area contributed by atoms with Crippen molar-refractivity contribution in [3.05, 3.63) is 18.2 Å². The Bertz CT molecular complexity index is 389. The van der Waals surface area contributed by atoms with Gasteiger partial charge in [-0.25, -0.2) is 9.78 Å². The number of imidazole rings is 1. The van der Waals surface area contributed by atoms with Gasteiger partial charge in [-0.05, 0) is 19.9 Å². The average molecular weight is 253 g/mol. The Kier molecular flexibility index (Phi) is 5.34. The highest BCUT2D eigenvalue weighted by Crippen LogP contribution is 2.12. The summed E-state index contributed by atoms with van der Waals surface area (Å²) in [6, 6.07) is 0. The van der Waals surface area contributed by atoms with Crippen LogP contribution in [-0.2, 0) is 22.5 Å². The molecule has 0 aromatic carbocycles. The molecule has 1 unspecified atom stereocenters. The smallest absolute Gasteiger partial charge is 0.327 e. The van der Waals surface area contributed by atoms with Gasteiger partial charge in [0.05, 0.1) is 13.7 Å². The summed E-state index contributed by atoms with van der Waals surface area (Å²) in [6.45, 7) is 7.19. The molecular weight excluding hydrogens is 230 g/mol. The fraction of sp³-hybridized carbons (Fsp3) is 0.692. The van der Waals surface area contributed by atoms with Crippen molar-refractivity contribution in [3.8, 4) is 0 Å². The Morgan fingerprint density at radius 2 is 2.28 bits per heavy atom. The third-order valence-electron chi connectivity index (χ3n) is 2.96. The molecular formula is C13H23N3O2. The molecule has 5 heteroatoms. The molecule has 102 valence electrons. The van der Waals surface area contributed by atoms with Crippen molar-refractivity contribution in [2.45, 2.75) is 45.7 Å². The molecule has 0 saturated heterocycles. The van der Waals surface area contributed by atoms with Crippen molar-refractivity contribution in [2.24, 2.45) is 0 Å². The van der Waals surface area contributed by atoms with Gasteiger partial charge >= 0.3 is 5.97 Å². The van der Waals surface area contributed by atoms with Crippen LogP contribution in [0.15, 0.2) is 12.4 Å². The van der Waals surface area contributed by atoms with Gasteiger partial charge in [0.1, 0.15) is 11.4 Å². The number of rotatable bonds is 7. The second-order valence-electron chi connectivity index (χ2n) is 4.58. The fourth-order valence-corrected chi connectivity index (χ4v) is 2.08. The van der Waals surface area contributed by atoms with Crippen LogP contribution in [0.5, 0.6) is 0 Å². The normalized spacial score (nSPS) is 14.2. The van der Waals surface area contributed by atoms with Crippen molar-refractivity contribution >= 4 is 5.97 Å². The topological polar surface area (TPSA) is 56.2 Å². The van der Waals surface area contributed by atoms with Gasteiger partial charge in [0.25, 0.3) is 0 Å². The van der Waals surface area contributed by atoms with E-state index in [2.05, 4.69) is 17.2 Å². The molecule has 0 spiro atoms. The summed E-state index contributed by atoms with van der Waals surface area (Å²) >= 11 is 0. The van der Waals surface area contributed by atoms with Gasteiger partial charge in [0, 0.05) is 18.8 Å². The molecule has 0 radical (unpaired) electrons. The van der Waals surface area contributed by atoms with Gasteiger partial charge in [-0.15, -0.1) is 0 Å². The van der Waals surface area contributed by atoms with E-state index in [1.54, 1.807) is 6.20 Å². The highest BCUT2D eigenvalue weighted by Gasteiger charge is 2.34. The van der Waals surface area contributed by atoms with E-state index >= 15 is 0 Å². The van der Waals surface area contributed by atoms with E-state index < -0.39 is 5.54 Å². The summed E-state index contributed by atoms with van der Waals surface area (Å²) in [5.74, 6) is 0.756. The van der Waals surface area contributed by atoms with Crippen LogP contribution in [-0.4, -0.2) is 34.7 Å². The quantitative estimate of drug-likeness (QED) is 0.746. The Hall–Kier alpha value is -1.36. The number of nitrogens with zero attached hydrogens (tertiary/aromatic N) is 2. The number of likely N-dealkylation sites (N-methyl/N-ethyl adjacent to an activating group) is 1. The van der Waals surface area contributed by atoms with Gasteiger partial charge in [-0.2, -0.15) is 0 Å². The second kappa shape index (κ2) is 6.54. The maximum absolute atomic E-state index is 11.9. The van der Waals surface area contributed by atoms with Crippen molar-refractivity contribution in [1.29, 1.82) is 0 Å². The number of carbonyl (C=O) groups excluding carboxylic acids is 1. The minimum absolute atomic E-state index is 0.250. The van der Waals surface area contributed by atoms with Crippen LogP contribution in [0.1, 0.15) is 33.0 Å². The first-order valence-corrected chi connectivity index (χ1v) is 6.40. The lowest BCUT2D eigenvalue weighted by atomic mass is 10.0. The SMILES string of the molecule is CCCc1nccn1CC(C)(NCC)C(=O)OC. The zero-order valence-electron chi connectivity index (χ0n) is 11.7. The third kappa shape index (κ3) is 3.32. The second-order valence-corrected chi connectivity index (χ2v) is 4.58. The van der Waals surface area contributed by atoms with Crippen LogP contribution >= 0.6 is 0 Å². The highest BCUT2D eigenvalue weighted by molar-refractivity contribution is 5.80. The largest absolute Gasteiger partial charge is 0.468 e. The molecule has 1 heterocycles. The number of esters is 1. The monoisotopic (exact) mass is 253 g/mol. The molecule has 0 fully saturated rings. The van der Waals surface area contributed by atoms with Crippen molar-refractivity contribution in [2.75, 3.05) is 13.7 Å². The molecule has 18 heavy (non-hydrogen) atoms. The lowest BCUT2D eigenvalue weighted by Crippen LogP contribution is -2.53. The van der Waals surface area contributed by atoms with E-state index in [0.717, 1.165) is 18.7 Å². The van der Waals surface area contributed by atoms with E-state index in [9.17, 15) is 4.79 Å². The summed E-state index contributed by atoms with van der Waals surface area (Å²) < 4.78 is 6.90. The van der Waals surface area contributed by atoms with Crippen LogP contribution in [0.25, 0.3) is 0 Å². The first kappa shape index (κ1) is 14.7. The summed E-state index contributed by atoms with van der Waals surface area (Å²) in [4.78, 5) is 16.2. The molecule has 0 aliphatic heterocycles.